The zero-order chi connectivity index (χ0) is 13.1. The molecule has 0 fully saturated rings. The van der Waals surface area contributed by atoms with Crippen molar-refractivity contribution >= 4 is 0 Å². The molecule has 0 saturated carbocycles. The van der Waals surface area contributed by atoms with E-state index in [-0.39, 0.29) is 5.75 Å². The van der Waals surface area contributed by atoms with Gasteiger partial charge in [0.05, 0.1) is 12.7 Å². The highest BCUT2D eigenvalue weighted by Crippen LogP contribution is 2.33. The van der Waals surface area contributed by atoms with Gasteiger partial charge in [-0.3, -0.25) is 0 Å². The highest BCUT2D eigenvalue weighted by atomic mass is 19.4. The van der Waals surface area contributed by atoms with Crippen LogP contribution in [-0.4, -0.2) is 19.9 Å². The molecular formula is C11H14F3NO2. The normalized spacial score (nSPS) is 13.3. The lowest BCUT2D eigenvalue weighted by molar-refractivity contribution is -0.153. The van der Waals surface area contributed by atoms with Gasteiger partial charge >= 0.3 is 6.18 Å². The van der Waals surface area contributed by atoms with Crippen LogP contribution in [0.4, 0.5) is 13.2 Å². The second-order valence-corrected chi connectivity index (χ2v) is 3.56. The van der Waals surface area contributed by atoms with Gasteiger partial charge in [0, 0.05) is 6.04 Å². The van der Waals surface area contributed by atoms with Gasteiger partial charge in [-0.2, -0.15) is 13.2 Å². The molecule has 0 aliphatic carbocycles. The van der Waals surface area contributed by atoms with Crippen molar-refractivity contribution in [2.24, 2.45) is 5.73 Å². The molecule has 0 amide bonds. The van der Waals surface area contributed by atoms with E-state index in [9.17, 15) is 13.2 Å². The zero-order valence-electron chi connectivity index (χ0n) is 9.54. The molecule has 0 heterocycles. The van der Waals surface area contributed by atoms with E-state index in [0.29, 0.717) is 11.3 Å². The lowest BCUT2D eigenvalue weighted by Gasteiger charge is -2.17. The predicted molar refractivity (Wildman–Crippen MR) is 57.1 cm³/mol. The van der Waals surface area contributed by atoms with Crippen LogP contribution in [0.1, 0.15) is 18.5 Å². The molecule has 1 aromatic rings. The second kappa shape index (κ2) is 5.27. The Morgan fingerprint density at radius 3 is 2.35 bits per heavy atom. The minimum atomic E-state index is -4.38. The molecule has 0 bridgehead atoms. The van der Waals surface area contributed by atoms with E-state index in [4.69, 9.17) is 15.2 Å². The van der Waals surface area contributed by atoms with E-state index in [1.165, 1.54) is 13.2 Å². The average Bonchev–Trinajstić information content (AvgIpc) is 2.24. The van der Waals surface area contributed by atoms with Gasteiger partial charge in [0.15, 0.2) is 6.61 Å². The molecule has 96 valence electrons. The summed E-state index contributed by atoms with van der Waals surface area (Å²) in [4.78, 5) is 0. The number of hydrogen-bond donors (Lipinski definition) is 1. The zero-order valence-corrected chi connectivity index (χ0v) is 9.54. The summed E-state index contributed by atoms with van der Waals surface area (Å²) >= 11 is 0. The van der Waals surface area contributed by atoms with Gasteiger partial charge in [0.25, 0.3) is 0 Å². The number of nitrogens with two attached hydrogens (primary N) is 1. The third kappa shape index (κ3) is 3.81. The Bertz CT molecular complexity index is 377. The van der Waals surface area contributed by atoms with Crippen molar-refractivity contribution in [3.8, 4) is 11.5 Å². The van der Waals surface area contributed by atoms with E-state index >= 15 is 0 Å². The predicted octanol–water partition coefficient (Wildman–Crippen LogP) is 2.66. The molecule has 6 heteroatoms. The Hall–Kier alpha value is -1.43. The number of halogens is 3. The Morgan fingerprint density at radius 1 is 1.29 bits per heavy atom. The first-order chi connectivity index (χ1) is 7.85. The van der Waals surface area contributed by atoms with Gasteiger partial charge in [-0.25, -0.2) is 0 Å². The van der Waals surface area contributed by atoms with Crippen LogP contribution in [0, 0.1) is 0 Å². The lowest BCUT2D eigenvalue weighted by atomic mass is 10.1. The molecule has 1 rings (SSSR count). The first kappa shape index (κ1) is 13.6. The fourth-order valence-corrected chi connectivity index (χ4v) is 1.44. The molecule has 0 spiro atoms. The van der Waals surface area contributed by atoms with Crippen molar-refractivity contribution < 1.29 is 22.6 Å². The summed E-state index contributed by atoms with van der Waals surface area (Å²) in [6.45, 7) is 0.304. The summed E-state index contributed by atoms with van der Waals surface area (Å²) in [6, 6.07) is 4.14. The van der Waals surface area contributed by atoms with Gasteiger partial charge in [-0.1, -0.05) is 6.07 Å². The van der Waals surface area contributed by atoms with Crippen molar-refractivity contribution in [3.63, 3.8) is 0 Å². The SMILES string of the molecule is COc1cccc(OCC(F)(F)F)c1[C@@H](C)N. The van der Waals surface area contributed by atoms with Gasteiger partial charge in [0.1, 0.15) is 11.5 Å². The summed E-state index contributed by atoms with van der Waals surface area (Å²) in [5.41, 5.74) is 6.12. The van der Waals surface area contributed by atoms with Crippen LogP contribution in [0.25, 0.3) is 0 Å². The van der Waals surface area contributed by atoms with Gasteiger partial charge in [0.2, 0.25) is 0 Å². The van der Waals surface area contributed by atoms with Crippen molar-refractivity contribution in [3.05, 3.63) is 23.8 Å². The number of methoxy groups -OCH3 is 1. The standard InChI is InChI=1S/C11H14F3NO2/c1-7(15)10-8(16-2)4-3-5-9(10)17-6-11(12,13)14/h3-5,7H,6,15H2,1-2H3/t7-/m1/s1. The third-order valence-electron chi connectivity index (χ3n) is 2.09. The van der Waals surface area contributed by atoms with Crippen LogP contribution in [0.3, 0.4) is 0 Å². The topological polar surface area (TPSA) is 44.5 Å². The minimum absolute atomic E-state index is 0.0941. The molecular weight excluding hydrogens is 235 g/mol. The quantitative estimate of drug-likeness (QED) is 0.892. The molecule has 0 aromatic heterocycles. The Labute approximate surface area is 97.3 Å². The fraction of sp³-hybridized carbons (Fsp3) is 0.455. The Morgan fingerprint density at radius 2 is 1.88 bits per heavy atom. The number of alkyl halides is 3. The summed E-state index contributed by atoms with van der Waals surface area (Å²) < 4.78 is 46.0. The van der Waals surface area contributed by atoms with Crippen molar-refractivity contribution in [1.29, 1.82) is 0 Å². The van der Waals surface area contributed by atoms with Crippen LogP contribution < -0.4 is 15.2 Å². The molecule has 0 saturated heterocycles. The molecule has 17 heavy (non-hydrogen) atoms. The Balaban J connectivity index is 2.98. The van der Waals surface area contributed by atoms with Crippen molar-refractivity contribution in [1.82, 2.24) is 0 Å². The van der Waals surface area contributed by atoms with Crippen molar-refractivity contribution in [2.45, 2.75) is 19.1 Å². The third-order valence-corrected chi connectivity index (χ3v) is 2.09. The van der Waals surface area contributed by atoms with Gasteiger partial charge in [-0.05, 0) is 19.1 Å². The fourth-order valence-electron chi connectivity index (χ4n) is 1.44. The number of ether oxygens (including phenoxy) is 2. The van der Waals surface area contributed by atoms with Gasteiger partial charge < -0.3 is 15.2 Å². The number of hydrogen-bond acceptors (Lipinski definition) is 3. The second-order valence-electron chi connectivity index (χ2n) is 3.56. The molecule has 0 aliphatic rings. The smallest absolute Gasteiger partial charge is 0.422 e. The molecule has 0 radical (unpaired) electrons. The molecule has 3 nitrogen and oxygen atoms in total. The first-order valence-corrected chi connectivity index (χ1v) is 4.97. The average molecular weight is 249 g/mol. The molecule has 0 aliphatic heterocycles. The van der Waals surface area contributed by atoms with Crippen LogP contribution in [0.5, 0.6) is 11.5 Å². The van der Waals surface area contributed by atoms with E-state index in [1.807, 2.05) is 0 Å². The first-order valence-electron chi connectivity index (χ1n) is 4.97. The molecule has 0 unspecified atom stereocenters. The van der Waals surface area contributed by atoms with Crippen LogP contribution in [-0.2, 0) is 0 Å². The summed E-state index contributed by atoms with van der Waals surface area (Å²) in [5, 5.41) is 0. The van der Waals surface area contributed by atoms with Crippen LogP contribution in [0.2, 0.25) is 0 Å². The van der Waals surface area contributed by atoms with Gasteiger partial charge in [-0.15, -0.1) is 0 Å². The van der Waals surface area contributed by atoms with E-state index in [0.717, 1.165) is 0 Å². The highest BCUT2D eigenvalue weighted by Gasteiger charge is 2.29. The minimum Gasteiger partial charge on any atom is -0.496 e. The summed E-state index contributed by atoms with van der Waals surface area (Å²) in [6.07, 6.45) is -4.38. The van der Waals surface area contributed by atoms with E-state index in [2.05, 4.69) is 0 Å². The monoisotopic (exact) mass is 249 g/mol. The molecule has 1 aromatic carbocycles. The summed E-state index contributed by atoms with van der Waals surface area (Å²) in [5.74, 6) is 0.511. The summed E-state index contributed by atoms with van der Waals surface area (Å²) in [7, 11) is 1.43. The maximum atomic E-state index is 12.1. The number of rotatable bonds is 4. The van der Waals surface area contributed by atoms with Crippen molar-refractivity contribution in [2.75, 3.05) is 13.7 Å². The molecule has 1 atom stereocenters. The van der Waals surface area contributed by atoms with E-state index in [1.54, 1.807) is 19.1 Å². The largest absolute Gasteiger partial charge is 0.496 e. The maximum absolute atomic E-state index is 12.1. The Kier molecular flexibility index (Phi) is 4.22. The maximum Gasteiger partial charge on any atom is 0.422 e. The van der Waals surface area contributed by atoms with E-state index < -0.39 is 18.8 Å². The molecule has 2 N–H and O–H groups in total. The highest BCUT2D eigenvalue weighted by molar-refractivity contribution is 5.46. The van der Waals surface area contributed by atoms with Crippen LogP contribution in [0.15, 0.2) is 18.2 Å². The number of benzene rings is 1. The van der Waals surface area contributed by atoms with Crippen LogP contribution >= 0.6 is 0 Å². The lowest BCUT2D eigenvalue weighted by Crippen LogP contribution is -2.20.